The average Bonchev–Trinajstić information content (AvgIpc) is 3.56. The predicted molar refractivity (Wildman–Crippen MR) is 178 cm³/mol. The third-order valence-corrected chi connectivity index (χ3v) is 10.4. The van der Waals surface area contributed by atoms with Crippen molar-refractivity contribution in [1.29, 1.82) is 0 Å². The van der Waals surface area contributed by atoms with E-state index in [9.17, 15) is 18.0 Å². The van der Waals surface area contributed by atoms with E-state index in [1.165, 1.54) is 17.0 Å². The quantitative estimate of drug-likeness (QED) is 0.190. The zero-order valence-corrected chi connectivity index (χ0v) is 26.9. The van der Waals surface area contributed by atoms with Gasteiger partial charge in [-0.2, -0.15) is 0 Å². The van der Waals surface area contributed by atoms with Crippen LogP contribution in [0.15, 0.2) is 114 Å². The van der Waals surface area contributed by atoms with Gasteiger partial charge in [-0.3, -0.25) is 13.9 Å². The van der Waals surface area contributed by atoms with Crippen LogP contribution in [0.2, 0.25) is 5.02 Å². The molecular weight excluding hydrogens is 606 g/mol. The van der Waals surface area contributed by atoms with Crippen molar-refractivity contribution in [3.63, 3.8) is 0 Å². The van der Waals surface area contributed by atoms with E-state index >= 15 is 0 Å². The lowest BCUT2D eigenvalue weighted by Crippen LogP contribution is -2.54. The molecule has 1 N–H and O–H groups in total. The van der Waals surface area contributed by atoms with Gasteiger partial charge >= 0.3 is 0 Å². The maximum absolute atomic E-state index is 14.6. The fraction of sp³-hybridized carbons (Fsp3) is 0.278. The highest BCUT2D eigenvalue weighted by Crippen LogP contribution is 2.27. The first kappa shape index (κ1) is 32.3. The summed E-state index contributed by atoms with van der Waals surface area (Å²) in [6.07, 6.45) is 4.11. The summed E-state index contributed by atoms with van der Waals surface area (Å²) < 4.78 is 29.3. The number of carbonyl (C=O) groups is 2. The molecular formula is C36H38ClN3O4S. The maximum Gasteiger partial charge on any atom is 0.264 e. The minimum atomic E-state index is -4.14. The molecule has 1 fully saturated rings. The second kappa shape index (κ2) is 14.8. The molecule has 0 aliphatic heterocycles. The SMILES string of the molecule is Cc1ccc(N(CC(=O)N(Cc2ccccc2Cl)C(Cc2ccccc2)C(=O)NC2CCCC2)S(=O)(=O)c2ccccc2)cc1. The van der Waals surface area contributed by atoms with Crippen LogP contribution in [0.3, 0.4) is 0 Å². The van der Waals surface area contributed by atoms with E-state index in [1.54, 1.807) is 42.5 Å². The molecule has 1 aliphatic carbocycles. The third-order valence-electron chi connectivity index (χ3n) is 8.20. The minimum absolute atomic E-state index is 0.0290. The van der Waals surface area contributed by atoms with Crippen molar-refractivity contribution < 1.29 is 18.0 Å². The molecule has 2 amide bonds. The fourth-order valence-corrected chi connectivity index (χ4v) is 7.32. The van der Waals surface area contributed by atoms with Crippen LogP contribution in [0.5, 0.6) is 0 Å². The normalized spacial score (nSPS) is 14.1. The molecule has 0 spiro atoms. The highest BCUT2D eigenvalue weighted by atomic mass is 35.5. The van der Waals surface area contributed by atoms with Crippen molar-refractivity contribution in [2.24, 2.45) is 0 Å². The number of hydrogen-bond acceptors (Lipinski definition) is 4. The third kappa shape index (κ3) is 8.12. The number of anilines is 1. The predicted octanol–water partition coefficient (Wildman–Crippen LogP) is 6.54. The molecule has 0 aromatic heterocycles. The smallest absolute Gasteiger partial charge is 0.264 e. The largest absolute Gasteiger partial charge is 0.352 e. The number of amides is 2. The molecule has 1 aliphatic rings. The van der Waals surface area contributed by atoms with Crippen molar-refractivity contribution >= 4 is 39.1 Å². The van der Waals surface area contributed by atoms with Crippen LogP contribution in [-0.2, 0) is 32.6 Å². The summed E-state index contributed by atoms with van der Waals surface area (Å²) in [4.78, 5) is 30.2. The maximum atomic E-state index is 14.6. The van der Waals surface area contributed by atoms with Crippen molar-refractivity contribution in [1.82, 2.24) is 10.2 Å². The topological polar surface area (TPSA) is 86.8 Å². The van der Waals surface area contributed by atoms with Crippen LogP contribution in [-0.4, -0.2) is 43.8 Å². The second-order valence-electron chi connectivity index (χ2n) is 11.5. The van der Waals surface area contributed by atoms with Crippen molar-refractivity contribution in [2.75, 3.05) is 10.8 Å². The molecule has 4 aromatic rings. The van der Waals surface area contributed by atoms with Crippen LogP contribution in [0.4, 0.5) is 5.69 Å². The van der Waals surface area contributed by atoms with E-state index in [0.29, 0.717) is 16.3 Å². The lowest BCUT2D eigenvalue weighted by atomic mass is 10.0. The second-order valence-corrected chi connectivity index (χ2v) is 13.7. The number of sulfonamides is 1. The zero-order chi connectivity index (χ0) is 31.8. The van der Waals surface area contributed by atoms with E-state index in [1.807, 2.05) is 61.5 Å². The van der Waals surface area contributed by atoms with Gasteiger partial charge in [0.05, 0.1) is 10.6 Å². The minimum Gasteiger partial charge on any atom is -0.352 e. The summed E-state index contributed by atoms with van der Waals surface area (Å²) in [5.41, 5.74) is 2.85. The Morgan fingerprint density at radius 2 is 1.44 bits per heavy atom. The molecule has 0 bridgehead atoms. The van der Waals surface area contributed by atoms with E-state index in [4.69, 9.17) is 11.6 Å². The number of aryl methyl sites for hydroxylation is 1. The Hall–Kier alpha value is -4.14. The number of hydrogen-bond donors (Lipinski definition) is 1. The molecule has 0 radical (unpaired) electrons. The summed E-state index contributed by atoms with van der Waals surface area (Å²) in [6.45, 7) is 1.43. The first-order valence-corrected chi connectivity index (χ1v) is 17.1. The van der Waals surface area contributed by atoms with Gasteiger partial charge in [0.2, 0.25) is 11.8 Å². The molecule has 0 heterocycles. The van der Waals surface area contributed by atoms with Crippen molar-refractivity contribution in [3.05, 3.63) is 131 Å². The Kier molecular flexibility index (Phi) is 10.6. The number of carbonyl (C=O) groups excluding carboxylic acids is 2. The lowest BCUT2D eigenvalue weighted by Gasteiger charge is -2.34. The number of benzene rings is 4. The van der Waals surface area contributed by atoms with Crippen LogP contribution in [0.1, 0.15) is 42.4 Å². The van der Waals surface area contributed by atoms with Gasteiger partial charge in [-0.25, -0.2) is 8.42 Å². The van der Waals surface area contributed by atoms with Gasteiger partial charge in [-0.05, 0) is 61.2 Å². The summed E-state index contributed by atoms with van der Waals surface area (Å²) in [7, 11) is -4.14. The molecule has 7 nitrogen and oxygen atoms in total. The Morgan fingerprint density at radius 3 is 2.09 bits per heavy atom. The Bertz CT molecular complexity index is 1690. The number of rotatable bonds is 12. The van der Waals surface area contributed by atoms with Crippen molar-refractivity contribution in [2.45, 2.75) is 62.6 Å². The number of halogens is 1. The molecule has 0 saturated heterocycles. The van der Waals surface area contributed by atoms with Crippen molar-refractivity contribution in [3.8, 4) is 0 Å². The van der Waals surface area contributed by atoms with Gasteiger partial charge in [-0.15, -0.1) is 0 Å². The van der Waals surface area contributed by atoms with E-state index in [0.717, 1.165) is 41.1 Å². The molecule has 1 saturated carbocycles. The van der Waals surface area contributed by atoms with Crippen LogP contribution < -0.4 is 9.62 Å². The van der Waals surface area contributed by atoms with Gasteiger partial charge in [0.25, 0.3) is 10.0 Å². The summed E-state index contributed by atoms with van der Waals surface area (Å²) in [5, 5.41) is 3.64. The summed E-state index contributed by atoms with van der Waals surface area (Å²) in [6, 6.07) is 30.9. The molecule has 1 atom stereocenters. The Balaban J connectivity index is 1.56. The van der Waals surface area contributed by atoms with Gasteiger partial charge in [-0.1, -0.05) is 109 Å². The van der Waals surface area contributed by atoms with Gasteiger partial charge in [0.15, 0.2) is 0 Å². The molecule has 9 heteroatoms. The number of nitrogens with zero attached hydrogens (tertiary/aromatic N) is 2. The first-order valence-electron chi connectivity index (χ1n) is 15.2. The molecule has 234 valence electrons. The molecule has 5 rings (SSSR count). The van der Waals surface area contributed by atoms with Crippen LogP contribution in [0, 0.1) is 6.92 Å². The van der Waals surface area contributed by atoms with E-state index in [-0.39, 0.29) is 29.8 Å². The highest BCUT2D eigenvalue weighted by molar-refractivity contribution is 7.92. The summed E-state index contributed by atoms with van der Waals surface area (Å²) in [5.74, 6) is -0.781. The lowest BCUT2D eigenvalue weighted by molar-refractivity contribution is -0.140. The summed E-state index contributed by atoms with van der Waals surface area (Å²) >= 11 is 6.58. The van der Waals surface area contributed by atoms with E-state index < -0.39 is 28.5 Å². The van der Waals surface area contributed by atoms with Gasteiger partial charge in [0, 0.05) is 24.0 Å². The zero-order valence-electron chi connectivity index (χ0n) is 25.3. The molecule has 4 aromatic carbocycles. The number of nitrogens with one attached hydrogen (secondary N) is 1. The monoisotopic (exact) mass is 643 g/mol. The molecule has 1 unspecified atom stereocenters. The fourth-order valence-electron chi connectivity index (χ4n) is 5.69. The van der Waals surface area contributed by atoms with E-state index in [2.05, 4.69) is 5.32 Å². The average molecular weight is 644 g/mol. The highest BCUT2D eigenvalue weighted by Gasteiger charge is 2.35. The van der Waals surface area contributed by atoms with Crippen LogP contribution in [0.25, 0.3) is 0 Å². The van der Waals surface area contributed by atoms with Crippen LogP contribution >= 0.6 is 11.6 Å². The van der Waals surface area contributed by atoms with Gasteiger partial charge in [0.1, 0.15) is 12.6 Å². The Morgan fingerprint density at radius 1 is 0.844 bits per heavy atom. The molecule has 45 heavy (non-hydrogen) atoms. The first-order chi connectivity index (χ1) is 21.7. The van der Waals surface area contributed by atoms with Gasteiger partial charge < -0.3 is 10.2 Å². The standard InChI is InChI=1S/C36H38ClN3O4S/c1-27-20-22-31(23-21-27)40(45(43,44)32-17-6-3-7-18-32)26-35(41)39(25-29-14-8-11-19-33(29)37)34(24-28-12-4-2-5-13-28)36(42)38-30-15-9-10-16-30/h2-8,11-14,17-23,30,34H,9-10,15-16,24-26H2,1H3,(H,38,42). The Labute approximate surface area is 270 Å².